The minimum absolute atomic E-state index is 0.0262. The van der Waals surface area contributed by atoms with E-state index in [1.807, 2.05) is 0 Å². The molecule has 1 aliphatic carbocycles. The summed E-state index contributed by atoms with van der Waals surface area (Å²) in [6, 6.07) is 6.69. The molecule has 0 saturated carbocycles. The zero-order valence-electron chi connectivity index (χ0n) is 12.7. The van der Waals surface area contributed by atoms with Crippen molar-refractivity contribution in [1.29, 1.82) is 0 Å². The Bertz CT molecular complexity index is 670. The van der Waals surface area contributed by atoms with Crippen molar-refractivity contribution in [3.63, 3.8) is 0 Å². The van der Waals surface area contributed by atoms with Crippen molar-refractivity contribution in [1.82, 2.24) is 0 Å². The molecule has 0 bridgehead atoms. The van der Waals surface area contributed by atoms with Crippen molar-refractivity contribution >= 4 is 11.6 Å². The van der Waals surface area contributed by atoms with Crippen molar-refractivity contribution in [3.8, 4) is 0 Å². The highest BCUT2D eigenvalue weighted by Gasteiger charge is 2.30. The van der Waals surface area contributed by atoms with Gasteiger partial charge < -0.3 is 0 Å². The minimum atomic E-state index is -0.350. The number of fused-ring (bicyclic) bond motifs is 1. The van der Waals surface area contributed by atoms with Gasteiger partial charge in [0.1, 0.15) is 0 Å². The van der Waals surface area contributed by atoms with Crippen LogP contribution >= 0.6 is 0 Å². The van der Waals surface area contributed by atoms with Crippen LogP contribution < -0.4 is 0 Å². The molecule has 0 spiro atoms. The highest BCUT2D eigenvalue weighted by atomic mass is 16.1. The van der Waals surface area contributed by atoms with E-state index in [0.29, 0.717) is 23.1 Å². The number of carbonyl (C=O) groups is 2. The Morgan fingerprint density at radius 3 is 2.27 bits per heavy atom. The van der Waals surface area contributed by atoms with E-state index in [0.717, 1.165) is 32.1 Å². The molecular formula is C17H19N3O2. The van der Waals surface area contributed by atoms with Gasteiger partial charge in [0, 0.05) is 21.6 Å². The molecule has 0 fully saturated rings. The van der Waals surface area contributed by atoms with Crippen molar-refractivity contribution in [2.75, 3.05) is 0 Å². The fraction of sp³-hybridized carbons (Fsp3) is 0.412. The van der Waals surface area contributed by atoms with Crippen molar-refractivity contribution < 1.29 is 9.59 Å². The Hall–Kier alpha value is -2.39. The van der Waals surface area contributed by atoms with Crippen molar-refractivity contribution in [2.45, 2.75) is 45.4 Å². The van der Waals surface area contributed by atoms with Crippen LogP contribution in [-0.2, 0) is 0 Å². The van der Waals surface area contributed by atoms with E-state index >= 15 is 0 Å². The first kappa shape index (κ1) is 16.0. The molecule has 1 aliphatic rings. The van der Waals surface area contributed by atoms with Gasteiger partial charge >= 0.3 is 0 Å². The lowest BCUT2D eigenvalue weighted by Gasteiger charge is -2.18. The maximum atomic E-state index is 12.6. The molecule has 0 aliphatic heterocycles. The topological polar surface area (TPSA) is 82.9 Å². The quantitative estimate of drug-likeness (QED) is 0.307. The van der Waals surface area contributed by atoms with E-state index in [1.165, 1.54) is 0 Å². The standard InChI is InChI=1S/C17H19N3O2/c1-2-3-4-5-6-11-14-15(19-20-18)17(22)13-10-8-7-9-12(13)16(14)21/h7-10H,2-6,11H2,1H3. The summed E-state index contributed by atoms with van der Waals surface area (Å²) in [5, 5.41) is 3.50. The van der Waals surface area contributed by atoms with E-state index in [4.69, 9.17) is 5.53 Å². The predicted octanol–water partition coefficient (Wildman–Crippen LogP) is 4.99. The smallest absolute Gasteiger partial charge is 0.196 e. The first-order valence-electron chi connectivity index (χ1n) is 7.67. The zero-order chi connectivity index (χ0) is 15.9. The molecule has 22 heavy (non-hydrogen) atoms. The Morgan fingerprint density at radius 1 is 1.00 bits per heavy atom. The Morgan fingerprint density at radius 2 is 1.64 bits per heavy atom. The van der Waals surface area contributed by atoms with Gasteiger partial charge in [0.05, 0.1) is 5.70 Å². The number of ketones is 2. The molecular weight excluding hydrogens is 278 g/mol. The van der Waals surface area contributed by atoms with Gasteiger partial charge in [-0.3, -0.25) is 9.59 Å². The molecule has 0 N–H and O–H groups in total. The number of nitrogens with zero attached hydrogens (tertiary/aromatic N) is 3. The van der Waals surface area contributed by atoms with Gasteiger partial charge in [-0.25, -0.2) is 0 Å². The average Bonchev–Trinajstić information content (AvgIpc) is 2.54. The summed E-state index contributed by atoms with van der Waals surface area (Å²) in [5.74, 6) is -0.537. The largest absolute Gasteiger partial charge is 0.289 e. The summed E-state index contributed by atoms with van der Waals surface area (Å²) in [7, 11) is 0. The summed E-state index contributed by atoms with van der Waals surface area (Å²) < 4.78 is 0. The predicted molar refractivity (Wildman–Crippen MR) is 84.7 cm³/mol. The SMILES string of the molecule is CCCCCCCC1=C(N=[N+]=[N-])C(=O)c2ccccc2C1=O. The van der Waals surface area contributed by atoms with E-state index < -0.39 is 0 Å². The van der Waals surface area contributed by atoms with Crippen LogP contribution in [0.15, 0.2) is 40.6 Å². The zero-order valence-corrected chi connectivity index (χ0v) is 12.7. The number of benzene rings is 1. The average molecular weight is 297 g/mol. The second kappa shape index (κ2) is 7.57. The van der Waals surface area contributed by atoms with Gasteiger partial charge in [-0.05, 0) is 18.4 Å². The highest BCUT2D eigenvalue weighted by molar-refractivity contribution is 6.26. The van der Waals surface area contributed by atoms with Crippen LogP contribution in [0.4, 0.5) is 0 Å². The van der Waals surface area contributed by atoms with Crippen LogP contribution in [0.25, 0.3) is 10.4 Å². The van der Waals surface area contributed by atoms with Gasteiger partial charge in [0.25, 0.3) is 0 Å². The summed E-state index contributed by atoms with van der Waals surface area (Å²) in [4.78, 5) is 27.7. The number of unbranched alkanes of at least 4 members (excludes halogenated alkanes) is 4. The third kappa shape index (κ3) is 3.26. The molecule has 0 unspecified atom stereocenters. The number of rotatable bonds is 7. The van der Waals surface area contributed by atoms with Gasteiger partial charge in [-0.1, -0.05) is 62.0 Å². The number of hydrogen-bond acceptors (Lipinski definition) is 3. The van der Waals surface area contributed by atoms with Crippen molar-refractivity contribution in [2.24, 2.45) is 5.11 Å². The molecule has 1 aromatic carbocycles. The van der Waals surface area contributed by atoms with E-state index in [2.05, 4.69) is 16.9 Å². The lowest BCUT2D eigenvalue weighted by molar-refractivity contribution is 0.0970. The molecule has 5 heteroatoms. The number of allylic oxidation sites excluding steroid dienone is 2. The molecule has 0 atom stereocenters. The Balaban J connectivity index is 2.27. The maximum Gasteiger partial charge on any atom is 0.196 e. The lowest BCUT2D eigenvalue weighted by Crippen LogP contribution is -2.21. The summed E-state index contributed by atoms with van der Waals surface area (Å²) in [6.07, 6.45) is 5.73. The molecule has 5 nitrogen and oxygen atoms in total. The second-order valence-electron chi connectivity index (χ2n) is 5.38. The Kier molecular flexibility index (Phi) is 5.50. The van der Waals surface area contributed by atoms with Gasteiger partial charge in [0.2, 0.25) is 0 Å². The molecule has 1 aromatic rings. The molecule has 0 radical (unpaired) electrons. The first-order chi connectivity index (χ1) is 10.7. The van der Waals surface area contributed by atoms with E-state index in [1.54, 1.807) is 24.3 Å². The maximum absolute atomic E-state index is 12.6. The molecule has 0 heterocycles. The second-order valence-corrected chi connectivity index (χ2v) is 5.38. The number of azide groups is 1. The monoisotopic (exact) mass is 297 g/mol. The van der Waals surface area contributed by atoms with E-state index in [-0.39, 0.29) is 17.3 Å². The highest BCUT2D eigenvalue weighted by Crippen LogP contribution is 2.30. The minimum Gasteiger partial charge on any atom is -0.289 e. The molecule has 2 rings (SSSR count). The fourth-order valence-electron chi connectivity index (χ4n) is 2.70. The molecule has 0 aromatic heterocycles. The summed E-state index contributed by atoms with van der Waals surface area (Å²) >= 11 is 0. The van der Waals surface area contributed by atoms with Crippen molar-refractivity contribution in [3.05, 3.63) is 57.1 Å². The Labute approximate surface area is 129 Å². The normalized spacial score (nSPS) is 13.9. The summed E-state index contributed by atoms with van der Waals surface area (Å²) in [6.45, 7) is 2.14. The van der Waals surface area contributed by atoms with Gasteiger partial charge in [-0.2, -0.15) is 0 Å². The fourth-order valence-corrected chi connectivity index (χ4v) is 2.70. The number of hydrogen-bond donors (Lipinski definition) is 0. The third-order valence-electron chi connectivity index (χ3n) is 3.87. The van der Waals surface area contributed by atoms with Crippen LogP contribution in [0.1, 0.15) is 66.2 Å². The lowest BCUT2D eigenvalue weighted by atomic mass is 9.85. The summed E-state index contributed by atoms with van der Waals surface area (Å²) in [5.41, 5.74) is 9.76. The van der Waals surface area contributed by atoms with Crippen LogP contribution in [0.3, 0.4) is 0 Å². The molecule has 114 valence electrons. The molecule has 0 amide bonds. The third-order valence-corrected chi connectivity index (χ3v) is 3.87. The van der Waals surface area contributed by atoms with Gasteiger partial charge in [-0.15, -0.1) is 0 Å². The first-order valence-corrected chi connectivity index (χ1v) is 7.67. The number of Topliss-reactive ketones (excluding diaryl/α,β-unsaturated/α-hetero) is 2. The molecule has 0 saturated heterocycles. The van der Waals surface area contributed by atoms with Crippen LogP contribution in [0.5, 0.6) is 0 Å². The van der Waals surface area contributed by atoms with Crippen LogP contribution in [-0.4, -0.2) is 11.6 Å². The number of carbonyl (C=O) groups excluding carboxylic acids is 2. The van der Waals surface area contributed by atoms with Crippen LogP contribution in [0, 0.1) is 0 Å². The van der Waals surface area contributed by atoms with Crippen LogP contribution in [0.2, 0.25) is 0 Å². The van der Waals surface area contributed by atoms with E-state index in [9.17, 15) is 9.59 Å². The van der Waals surface area contributed by atoms with Gasteiger partial charge in [0.15, 0.2) is 11.6 Å².